The van der Waals surface area contributed by atoms with Crippen molar-refractivity contribution in [2.45, 2.75) is 32.1 Å². The molecule has 0 saturated carbocycles. The Kier molecular flexibility index (Phi) is 7.10. The molecule has 2 aliphatic rings. The second-order valence-corrected chi connectivity index (χ2v) is 8.59. The summed E-state index contributed by atoms with van der Waals surface area (Å²) in [6, 6.07) is 7.10. The van der Waals surface area contributed by atoms with Crippen LogP contribution < -0.4 is 14.9 Å². The Hall–Kier alpha value is -1.31. The average Bonchev–Trinajstić information content (AvgIpc) is 2.93. The van der Waals surface area contributed by atoms with Gasteiger partial charge in [-0.2, -0.15) is 0 Å². The third kappa shape index (κ3) is 5.33. The fraction of sp³-hybridized carbons (Fsp3) is 0.588. The SMILES string of the molecule is Cl.O=C(CCC1CCNCC1)Nc1cccc(N2CCCS2(=O)=O)c1. The average molecular weight is 388 g/mol. The van der Waals surface area contributed by atoms with E-state index in [0.29, 0.717) is 36.7 Å². The molecule has 2 heterocycles. The van der Waals surface area contributed by atoms with Crippen LogP contribution in [0.4, 0.5) is 11.4 Å². The minimum atomic E-state index is -3.20. The minimum Gasteiger partial charge on any atom is -0.326 e. The lowest BCUT2D eigenvalue weighted by atomic mass is 9.93. The summed E-state index contributed by atoms with van der Waals surface area (Å²) < 4.78 is 25.4. The number of sulfonamides is 1. The van der Waals surface area contributed by atoms with Crippen LogP contribution in [0, 0.1) is 5.92 Å². The summed E-state index contributed by atoms with van der Waals surface area (Å²) in [5, 5.41) is 6.22. The molecule has 0 radical (unpaired) electrons. The van der Waals surface area contributed by atoms with Crippen LogP contribution in [-0.4, -0.2) is 39.7 Å². The summed E-state index contributed by atoms with van der Waals surface area (Å²) in [5.41, 5.74) is 1.29. The third-order valence-electron chi connectivity index (χ3n) is 4.76. The van der Waals surface area contributed by atoms with E-state index in [0.717, 1.165) is 32.4 Å². The second kappa shape index (κ2) is 8.87. The Morgan fingerprint density at radius 3 is 2.72 bits per heavy atom. The van der Waals surface area contributed by atoms with Gasteiger partial charge in [0.25, 0.3) is 0 Å². The van der Waals surface area contributed by atoms with Crippen molar-refractivity contribution >= 4 is 39.7 Å². The lowest BCUT2D eigenvalue weighted by Gasteiger charge is -2.22. The highest BCUT2D eigenvalue weighted by molar-refractivity contribution is 7.93. The number of hydrogen-bond acceptors (Lipinski definition) is 4. The number of hydrogen-bond donors (Lipinski definition) is 2. The van der Waals surface area contributed by atoms with Crippen molar-refractivity contribution in [3.63, 3.8) is 0 Å². The molecule has 1 aromatic rings. The molecule has 2 aliphatic heterocycles. The van der Waals surface area contributed by atoms with E-state index in [4.69, 9.17) is 0 Å². The van der Waals surface area contributed by atoms with Crippen molar-refractivity contribution in [2.75, 3.05) is 35.0 Å². The molecule has 0 aliphatic carbocycles. The molecule has 1 aromatic carbocycles. The lowest BCUT2D eigenvalue weighted by Crippen LogP contribution is -2.28. The molecular formula is C17H26ClN3O3S. The van der Waals surface area contributed by atoms with Gasteiger partial charge < -0.3 is 10.6 Å². The van der Waals surface area contributed by atoms with Gasteiger partial charge in [0.05, 0.1) is 11.4 Å². The molecule has 1 amide bonds. The molecule has 25 heavy (non-hydrogen) atoms. The fourth-order valence-electron chi connectivity index (χ4n) is 3.40. The summed E-state index contributed by atoms with van der Waals surface area (Å²) in [6.07, 6.45) is 4.34. The Balaban J connectivity index is 0.00000225. The molecule has 8 heteroatoms. The molecule has 0 aromatic heterocycles. The Labute approximate surface area is 155 Å². The van der Waals surface area contributed by atoms with Crippen molar-refractivity contribution < 1.29 is 13.2 Å². The highest BCUT2D eigenvalue weighted by Crippen LogP contribution is 2.26. The van der Waals surface area contributed by atoms with Crippen molar-refractivity contribution in [2.24, 2.45) is 5.92 Å². The molecule has 140 valence electrons. The number of nitrogens with one attached hydrogen (secondary N) is 2. The standard InChI is InChI=1S/C17H25N3O3S.ClH/c21-17(6-5-14-7-9-18-10-8-14)19-15-3-1-4-16(13-15)20-11-2-12-24(20,22)23;/h1,3-4,13-14,18H,2,5-12H2,(H,19,21);1H. The zero-order valence-corrected chi connectivity index (χ0v) is 15.9. The zero-order valence-electron chi connectivity index (χ0n) is 14.2. The first-order valence-electron chi connectivity index (χ1n) is 8.66. The van der Waals surface area contributed by atoms with Crippen LogP contribution in [-0.2, 0) is 14.8 Å². The van der Waals surface area contributed by atoms with Gasteiger partial charge in [-0.05, 0) is 62.9 Å². The van der Waals surface area contributed by atoms with Crippen molar-refractivity contribution in [1.29, 1.82) is 0 Å². The van der Waals surface area contributed by atoms with E-state index < -0.39 is 10.0 Å². The van der Waals surface area contributed by atoms with E-state index >= 15 is 0 Å². The van der Waals surface area contributed by atoms with E-state index in [-0.39, 0.29) is 24.1 Å². The predicted octanol–water partition coefficient (Wildman–Crippen LogP) is 2.37. The number of anilines is 2. The van der Waals surface area contributed by atoms with E-state index in [2.05, 4.69) is 10.6 Å². The maximum absolute atomic E-state index is 12.2. The fourth-order valence-corrected chi connectivity index (χ4v) is 4.95. The summed E-state index contributed by atoms with van der Waals surface area (Å²) >= 11 is 0. The van der Waals surface area contributed by atoms with Gasteiger partial charge >= 0.3 is 0 Å². The molecule has 2 fully saturated rings. The molecule has 0 unspecified atom stereocenters. The van der Waals surface area contributed by atoms with Crippen LogP contribution in [0.15, 0.2) is 24.3 Å². The van der Waals surface area contributed by atoms with Gasteiger partial charge in [0.2, 0.25) is 15.9 Å². The van der Waals surface area contributed by atoms with Crippen molar-refractivity contribution in [3.05, 3.63) is 24.3 Å². The summed E-state index contributed by atoms with van der Waals surface area (Å²) in [4.78, 5) is 12.2. The lowest BCUT2D eigenvalue weighted by molar-refractivity contribution is -0.116. The molecule has 2 N–H and O–H groups in total. The maximum Gasteiger partial charge on any atom is 0.235 e. The largest absolute Gasteiger partial charge is 0.326 e. The van der Waals surface area contributed by atoms with E-state index in [1.54, 1.807) is 24.3 Å². The highest BCUT2D eigenvalue weighted by Gasteiger charge is 2.28. The molecule has 3 rings (SSSR count). The number of carbonyl (C=O) groups is 1. The van der Waals surface area contributed by atoms with Gasteiger partial charge in [-0.25, -0.2) is 8.42 Å². The number of amides is 1. The smallest absolute Gasteiger partial charge is 0.235 e. The molecule has 2 saturated heterocycles. The van der Waals surface area contributed by atoms with Crippen molar-refractivity contribution in [1.82, 2.24) is 5.32 Å². The van der Waals surface area contributed by atoms with Gasteiger partial charge in [0, 0.05) is 18.7 Å². The molecule has 6 nitrogen and oxygen atoms in total. The van der Waals surface area contributed by atoms with Crippen LogP contribution in [0.1, 0.15) is 32.1 Å². The number of nitrogens with zero attached hydrogens (tertiary/aromatic N) is 1. The van der Waals surface area contributed by atoms with Gasteiger partial charge in [-0.3, -0.25) is 9.10 Å². The minimum absolute atomic E-state index is 0. The quantitative estimate of drug-likeness (QED) is 0.812. The summed E-state index contributed by atoms with van der Waals surface area (Å²) in [7, 11) is -3.20. The first-order valence-corrected chi connectivity index (χ1v) is 10.3. The molecule has 0 spiro atoms. The van der Waals surface area contributed by atoms with Crippen molar-refractivity contribution in [3.8, 4) is 0 Å². The number of piperidine rings is 1. The molecular weight excluding hydrogens is 362 g/mol. The Bertz CT molecular complexity index is 690. The van der Waals surface area contributed by atoms with Gasteiger partial charge in [0.15, 0.2) is 0 Å². The monoisotopic (exact) mass is 387 g/mol. The highest BCUT2D eigenvalue weighted by atomic mass is 35.5. The maximum atomic E-state index is 12.2. The number of rotatable bonds is 5. The second-order valence-electron chi connectivity index (χ2n) is 6.57. The van der Waals surface area contributed by atoms with E-state index in [1.807, 2.05) is 0 Å². The van der Waals surface area contributed by atoms with Crippen LogP contribution in [0.25, 0.3) is 0 Å². The Morgan fingerprint density at radius 2 is 2.04 bits per heavy atom. The number of halogens is 1. The van der Waals surface area contributed by atoms with E-state index in [1.165, 1.54) is 4.31 Å². The molecule has 0 bridgehead atoms. The summed E-state index contributed by atoms with van der Waals surface area (Å²) in [6.45, 7) is 2.59. The predicted molar refractivity (Wildman–Crippen MR) is 103 cm³/mol. The summed E-state index contributed by atoms with van der Waals surface area (Å²) in [5.74, 6) is 0.813. The third-order valence-corrected chi connectivity index (χ3v) is 6.63. The first-order chi connectivity index (χ1) is 11.5. The van der Waals surface area contributed by atoms with Gasteiger partial charge in [-0.15, -0.1) is 12.4 Å². The number of carbonyl (C=O) groups excluding carboxylic acids is 1. The topological polar surface area (TPSA) is 78.5 Å². The van der Waals surface area contributed by atoms with Gasteiger partial charge in [-0.1, -0.05) is 6.07 Å². The van der Waals surface area contributed by atoms with Crippen LogP contribution in [0.2, 0.25) is 0 Å². The van der Waals surface area contributed by atoms with Crippen LogP contribution >= 0.6 is 12.4 Å². The first kappa shape index (κ1) is 20.0. The number of benzene rings is 1. The normalized spacial score (nSPS) is 20.1. The zero-order chi connectivity index (χ0) is 17.0. The van der Waals surface area contributed by atoms with Gasteiger partial charge in [0.1, 0.15) is 0 Å². The van der Waals surface area contributed by atoms with Crippen LogP contribution in [0.5, 0.6) is 0 Å². The molecule has 0 atom stereocenters. The van der Waals surface area contributed by atoms with Crippen LogP contribution in [0.3, 0.4) is 0 Å². The Morgan fingerprint density at radius 1 is 1.28 bits per heavy atom. The van der Waals surface area contributed by atoms with E-state index in [9.17, 15) is 13.2 Å².